The lowest BCUT2D eigenvalue weighted by Crippen LogP contribution is -2.40. The molecule has 1 saturated heterocycles. The summed E-state index contributed by atoms with van der Waals surface area (Å²) in [6.45, 7) is 7.77. The van der Waals surface area contributed by atoms with Crippen molar-refractivity contribution >= 4 is 28.1 Å². The Balaban J connectivity index is 1.48. The number of halogens is 3. The van der Waals surface area contributed by atoms with Gasteiger partial charge in [-0.15, -0.1) is 11.3 Å². The molecule has 9 heteroatoms. The Kier molecular flexibility index (Phi) is 7.36. The van der Waals surface area contributed by atoms with E-state index >= 15 is 0 Å². The number of nitrogens with zero attached hydrogens (tertiary/aromatic N) is 2. The summed E-state index contributed by atoms with van der Waals surface area (Å²) in [5.74, 6) is 0.372. The first-order valence-corrected chi connectivity index (χ1v) is 11.0. The van der Waals surface area contributed by atoms with E-state index in [1.807, 2.05) is 6.92 Å². The number of anilines is 2. The lowest BCUT2D eigenvalue weighted by atomic mass is 9.99. The summed E-state index contributed by atoms with van der Waals surface area (Å²) in [5.41, 5.74) is 0.560. The molecule has 0 aliphatic carbocycles. The van der Waals surface area contributed by atoms with Gasteiger partial charge in [-0.05, 0) is 49.9 Å². The van der Waals surface area contributed by atoms with Crippen molar-refractivity contribution in [3.8, 4) is 0 Å². The fraction of sp³-hybridized carbons (Fsp3) is 0.524. The minimum Gasteiger partial charge on any atom is -0.354 e. The molecule has 2 unspecified atom stereocenters. The zero-order valence-electron chi connectivity index (χ0n) is 17.1. The number of hydrogen-bond donors (Lipinski definition) is 2. The van der Waals surface area contributed by atoms with Gasteiger partial charge in [-0.25, -0.2) is 4.98 Å². The van der Waals surface area contributed by atoms with Crippen molar-refractivity contribution in [2.75, 3.05) is 31.5 Å². The molecule has 0 radical (unpaired) electrons. The first kappa shape index (κ1) is 22.6. The van der Waals surface area contributed by atoms with Gasteiger partial charge >= 0.3 is 6.18 Å². The van der Waals surface area contributed by atoms with E-state index in [0.717, 1.165) is 41.9 Å². The highest BCUT2D eigenvalue weighted by molar-refractivity contribution is 7.13. The van der Waals surface area contributed by atoms with Crippen LogP contribution in [0.1, 0.15) is 43.9 Å². The van der Waals surface area contributed by atoms with E-state index in [1.165, 1.54) is 12.8 Å². The highest BCUT2D eigenvalue weighted by Gasteiger charge is 2.33. The summed E-state index contributed by atoms with van der Waals surface area (Å²) >= 11 is 0.897. The molecule has 2 aromatic rings. The van der Waals surface area contributed by atoms with Crippen molar-refractivity contribution in [1.82, 2.24) is 15.2 Å². The van der Waals surface area contributed by atoms with Crippen LogP contribution in [0, 0.1) is 5.92 Å². The van der Waals surface area contributed by atoms with Crippen LogP contribution in [0.4, 0.5) is 24.0 Å². The Labute approximate surface area is 178 Å². The Bertz CT molecular complexity index is 838. The number of piperidine rings is 1. The van der Waals surface area contributed by atoms with E-state index in [0.29, 0.717) is 18.2 Å². The van der Waals surface area contributed by atoms with E-state index in [9.17, 15) is 18.0 Å². The molecule has 2 N–H and O–H groups in total. The predicted octanol–water partition coefficient (Wildman–Crippen LogP) is 4.86. The molecule has 2 atom stereocenters. The van der Waals surface area contributed by atoms with Crippen LogP contribution in [0.2, 0.25) is 0 Å². The number of amides is 1. The van der Waals surface area contributed by atoms with Gasteiger partial charge in [-0.1, -0.05) is 19.1 Å². The first-order chi connectivity index (χ1) is 14.2. The normalized spacial score (nSPS) is 18.8. The molecular weight excluding hydrogens is 413 g/mol. The number of likely N-dealkylation sites (tertiary alicyclic amines) is 1. The van der Waals surface area contributed by atoms with Gasteiger partial charge in [-0.2, -0.15) is 13.2 Å². The molecule has 0 spiro atoms. The van der Waals surface area contributed by atoms with Crippen LogP contribution in [0.5, 0.6) is 0 Å². The summed E-state index contributed by atoms with van der Waals surface area (Å²) in [5, 5.41) is 7.02. The molecule has 3 rings (SSSR count). The van der Waals surface area contributed by atoms with Crippen LogP contribution in [0.25, 0.3) is 0 Å². The maximum Gasteiger partial charge on any atom is 0.434 e. The molecule has 1 amide bonds. The number of benzene rings is 1. The maximum absolute atomic E-state index is 12.6. The van der Waals surface area contributed by atoms with E-state index in [2.05, 4.69) is 27.4 Å². The quantitative estimate of drug-likeness (QED) is 0.646. The molecule has 1 aliphatic rings. The van der Waals surface area contributed by atoms with Crippen molar-refractivity contribution in [2.24, 2.45) is 5.92 Å². The summed E-state index contributed by atoms with van der Waals surface area (Å²) in [4.78, 5) is 18.4. The Morgan fingerprint density at radius 3 is 2.70 bits per heavy atom. The van der Waals surface area contributed by atoms with Gasteiger partial charge in [0, 0.05) is 30.7 Å². The lowest BCUT2D eigenvalue weighted by molar-refractivity contribution is -0.140. The van der Waals surface area contributed by atoms with Gasteiger partial charge in [0.05, 0.1) is 5.92 Å². The van der Waals surface area contributed by atoms with Crippen molar-refractivity contribution in [2.45, 2.75) is 38.8 Å². The topological polar surface area (TPSA) is 57.3 Å². The molecule has 5 nitrogen and oxygen atoms in total. The second kappa shape index (κ2) is 9.78. The van der Waals surface area contributed by atoms with Crippen molar-refractivity contribution in [3.63, 3.8) is 0 Å². The van der Waals surface area contributed by atoms with Gasteiger partial charge < -0.3 is 15.5 Å². The Morgan fingerprint density at radius 2 is 2.07 bits per heavy atom. The molecule has 1 aromatic carbocycles. The van der Waals surface area contributed by atoms with Crippen LogP contribution < -0.4 is 10.6 Å². The second-order valence-corrected chi connectivity index (χ2v) is 8.70. The van der Waals surface area contributed by atoms with Crippen molar-refractivity contribution in [1.29, 1.82) is 0 Å². The zero-order chi connectivity index (χ0) is 21.7. The standard InChI is InChI=1S/C21H27F3N4OS/c1-14-4-3-10-28(12-14)11-9-25-19(29)15(2)16-5-7-17(8-6-16)26-20-27-18(13-30-20)21(22,23)24/h5-8,13-15H,3-4,9-12H2,1-2H3,(H,25,29)(H,26,27). The van der Waals surface area contributed by atoms with Gasteiger partial charge in [0.2, 0.25) is 5.91 Å². The van der Waals surface area contributed by atoms with E-state index in [-0.39, 0.29) is 17.0 Å². The minimum atomic E-state index is -4.45. The van der Waals surface area contributed by atoms with Crippen molar-refractivity contribution < 1.29 is 18.0 Å². The predicted molar refractivity (Wildman–Crippen MR) is 113 cm³/mol. The monoisotopic (exact) mass is 440 g/mol. The number of carbonyl (C=O) groups excluding carboxylic acids is 1. The number of alkyl halides is 3. The third kappa shape index (κ3) is 6.18. The molecule has 0 bridgehead atoms. The minimum absolute atomic E-state index is 0.0319. The van der Waals surface area contributed by atoms with Gasteiger partial charge in [0.25, 0.3) is 0 Å². The lowest BCUT2D eigenvalue weighted by Gasteiger charge is -2.30. The second-order valence-electron chi connectivity index (χ2n) is 7.84. The number of carbonyl (C=O) groups is 1. The summed E-state index contributed by atoms with van der Waals surface area (Å²) < 4.78 is 37.9. The molecule has 0 saturated carbocycles. The van der Waals surface area contributed by atoms with Crippen molar-refractivity contribution in [3.05, 3.63) is 40.9 Å². The van der Waals surface area contributed by atoms with Crippen LogP contribution in [-0.4, -0.2) is 42.0 Å². The van der Waals surface area contributed by atoms with Crippen LogP contribution in [-0.2, 0) is 11.0 Å². The average Bonchev–Trinajstić information content (AvgIpc) is 3.17. The SMILES string of the molecule is CC1CCCN(CCNC(=O)C(C)c2ccc(Nc3nc(C(F)(F)F)cs3)cc2)C1. The molecule has 30 heavy (non-hydrogen) atoms. The molecule has 1 aliphatic heterocycles. The smallest absolute Gasteiger partial charge is 0.354 e. The number of nitrogens with one attached hydrogen (secondary N) is 2. The molecule has 1 aromatic heterocycles. The highest BCUT2D eigenvalue weighted by Crippen LogP contribution is 2.32. The number of hydrogen-bond acceptors (Lipinski definition) is 5. The zero-order valence-corrected chi connectivity index (χ0v) is 17.9. The van der Waals surface area contributed by atoms with Crippen LogP contribution in [0.15, 0.2) is 29.6 Å². The fourth-order valence-corrected chi connectivity index (χ4v) is 4.31. The summed E-state index contributed by atoms with van der Waals surface area (Å²) in [6, 6.07) is 7.08. The third-order valence-electron chi connectivity index (χ3n) is 5.32. The first-order valence-electron chi connectivity index (χ1n) is 10.1. The number of rotatable bonds is 7. The number of aromatic nitrogens is 1. The van der Waals surface area contributed by atoms with E-state index in [1.54, 1.807) is 24.3 Å². The van der Waals surface area contributed by atoms with Crippen LogP contribution in [0.3, 0.4) is 0 Å². The molecule has 164 valence electrons. The molecule has 2 heterocycles. The van der Waals surface area contributed by atoms with Gasteiger partial charge in [-0.3, -0.25) is 4.79 Å². The van der Waals surface area contributed by atoms with E-state index in [4.69, 9.17) is 0 Å². The maximum atomic E-state index is 12.6. The van der Waals surface area contributed by atoms with Crippen LogP contribution >= 0.6 is 11.3 Å². The Morgan fingerprint density at radius 1 is 1.33 bits per heavy atom. The van der Waals surface area contributed by atoms with E-state index < -0.39 is 11.9 Å². The molecular formula is C21H27F3N4OS. The average molecular weight is 441 g/mol. The molecule has 1 fully saturated rings. The summed E-state index contributed by atoms with van der Waals surface area (Å²) in [6.07, 6.45) is -1.96. The van der Waals surface area contributed by atoms with Gasteiger partial charge in [0.15, 0.2) is 10.8 Å². The number of thiazole rings is 1. The third-order valence-corrected chi connectivity index (χ3v) is 6.08. The highest BCUT2D eigenvalue weighted by atomic mass is 32.1. The fourth-order valence-electron chi connectivity index (χ4n) is 3.57. The van der Waals surface area contributed by atoms with Gasteiger partial charge in [0.1, 0.15) is 0 Å². The Hall–Kier alpha value is -2.13. The summed E-state index contributed by atoms with van der Waals surface area (Å²) in [7, 11) is 0. The largest absolute Gasteiger partial charge is 0.434 e.